The predicted molar refractivity (Wildman–Crippen MR) is 162 cm³/mol. The molecular weight excluding hydrogens is 537 g/mol. The summed E-state index contributed by atoms with van der Waals surface area (Å²) in [4.78, 5) is 12.3. The molecule has 1 aromatic carbocycles. The third kappa shape index (κ3) is 5.63. The Morgan fingerprint density at radius 1 is 0.927 bits per heavy atom. The van der Waals surface area contributed by atoms with Crippen molar-refractivity contribution in [3.63, 3.8) is 0 Å². The number of alkyl halides is 3. The van der Waals surface area contributed by atoms with Crippen molar-refractivity contribution in [1.82, 2.24) is 0 Å². The summed E-state index contributed by atoms with van der Waals surface area (Å²) in [5.74, 6) is 3.91. The highest BCUT2D eigenvalue weighted by molar-refractivity contribution is 6.84. The molecule has 1 aromatic rings. The Bertz CT molecular complexity index is 1090. The van der Waals surface area contributed by atoms with Crippen LogP contribution in [0.25, 0.3) is 0 Å². The molecule has 0 bridgehead atoms. The first kappa shape index (κ1) is 31.3. The molecule has 0 heterocycles. The molecule has 0 spiro atoms. The maximum absolute atomic E-state index is 14.6. The van der Waals surface area contributed by atoms with Gasteiger partial charge >= 0.3 is 6.18 Å². The van der Waals surface area contributed by atoms with Crippen molar-refractivity contribution in [1.29, 1.82) is 0 Å². The van der Waals surface area contributed by atoms with Crippen LogP contribution in [0.15, 0.2) is 30.3 Å². The zero-order chi connectivity index (χ0) is 29.8. The lowest BCUT2D eigenvalue weighted by Gasteiger charge is -2.59. The van der Waals surface area contributed by atoms with E-state index in [1.807, 2.05) is 43.4 Å². The number of benzene rings is 1. The minimum absolute atomic E-state index is 0.0119. The number of fused-ring (bicyclic) bond motifs is 5. The number of hydrogen-bond acceptors (Lipinski definition) is 2. The van der Waals surface area contributed by atoms with E-state index in [1.54, 1.807) is 0 Å². The molecule has 0 radical (unpaired) electrons. The Hall–Kier alpha value is -1.14. The van der Waals surface area contributed by atoms with Gasteiger partial charge in [-0.1, -0.05) is 51.1 Å². The van der Waals surface area contributed by atoms with Gasteiger partial charge in [-0.05, 0) is 136 Å². The molecule has 0 saturated heterocycles. The number of carbonyl (C=O) groups is 1. The summed E-state index contributed by atoms with van der Waals surface area (Å²) < 4.78 is 50.0. The molecule has 0 unspecified atom stereocenters. The summed E-state index contributed by atoms with van der Waals surface area (Å²) in [7, 11) is -2.76. The summed E-state index contributed by atoms with van der Waals surface area (Å²) in [6, 6.07) is 9.47. The SMILES string of the molecule is C[C@H](CC[C@](C)(O[Si](C)(C)c1ccccc1)C(F)(F)F)[C@H]1CC[C@H]2[C@@H]3CC[C@H]4CCC(=O)CC[C@]4(C)[C@H]3CC[C@]12C. The average molecular weight is 591 g/mol. The third-order valence-electron chi connectivity index (χ3n) is 13.2. The maximum atomic E-state index is 14.6. The molecule has 0 aromatic heterocycles. The number of rotatable bonds is 7. The van der Waals surface area contributed by atoms with E-state index >= 15 is 0 Å². The molecule has 0 aliphatic heterocycles. The quantitative estimate of drug-likeness (QED) is 0.296. The predicted octanol–water partition coefficient (Wildman–Crippen LogP) is 9.47. The number of ketones is 1. The van der Waals surface area contributed by atoms with Gasteiger partial charge in [0.25, 0.3) is 0 Å². The van der Waals surface area contributed by atoms with Gasteiger partial charge < -0.3 is 4.43 Å². The van der Waals surface area contributed by atoms with Crippen LogP contribution < -0.4 is 5.19 Å². The maximum Gasteiger partial charge on any atom is 0.416 e. The Morgan fingerprint density at radius 3 is 2.29 bits per heavy atom. The molecule has 4 aliphatic carbocycles. The molecule has 230 valence electrons. The third-order valence-corrected chi connectivity index (χ3v) is 15.9. The zero-order valence-corrected chi connectivity index (χ0v) is 27.3. The number of carbonyl (C=O) groups excluding carboxylic acids is 1. The van der Waals surface area contributed by atoms with Crippen molar-refractivity contribution in [2.75, 3.05) is 0 Å². The normalized spacial score (nSPS) is 38.3. The van der Waals surface area contributed by atoms with Gasteiger partial charge in [0.2, 0.25) is 8.32 Å². The van der Waals surface area contributed by atoms with Gasteiger partial charge in [-0.25, -0.2) is 0 Å². The molecule has 0 N–H and O–H groups in total. The monoisotopic (exact) mass is 590 g/mol. The average Bonchev–Trinajstić information content (AvgIpc) is 3.19. The first-order valence-electron chi connectivity index (χ1n) is 16.4. The van der Waals surface area contributed by atoms with E-state index in [-0.39, 0.29) is 23.2 Å². The van der Waals surface area contributed by atoms with Crippen molar-refractivity contribution in [3.05, 3.63) is 30.3 Å². The van der Waals surface area contributed by atoms with Gasteiger partial charge in [0.1, 0.15) is 11.4 Å². The van der Waals surface area contributed by atoms with Crippen LogP contribution in [0.4, 0.5) is 13.2 Å². The van der Waals surface area contributed by atoms with Crippen molar-refractivity contribution in [2.45, 2.75) is 130 Å². The van der Waals surface area contributed by atoms with E-state index in [4.69, 9.17) is 4.43 Å². The minimum Gasteiger partial charge on any atom is -0.399 e. The highest BCUT2D eigenvalue weighted by Gasteiger charge is 2.61. The van der Waals surface area contributed by atoms with Gasteiger partial charge in [-0.15, -0.1) is 0 Å². The number of Topliss-reactive ketones (excluding diaryl/α,β-unsaturated/α-hetero) is 1. The number of hydrogen-bond donors (Lipinski definition) is 0. The highest BCUT2D eigenvalue weighted by Crippen LogP contribution is 2.68. The summed E-state index contributed by atoms with van der Waals surface area (Å²) in [5, 5.41) is 0.896. The van der Waals surface area contributed by atoms with Crippen LogP contribution in [0, 0.1) is 46.3 Å². The summed E-state index contributed by atoms with van der Waals surface area (Å²) in [6.45, 7) is 12.3. The first-order valence-corrected chi connectivity index (χ1v) is 19.4. The second kappa shape index (κ2) is 11.1. The van der Waals surface area contributed by atoms with Crippen LogP contribution in [0.2, 0.25) is 13.1 Å². The van der Waals surface area contributed by atoms with E-state index in [9.17, 15) is 18.0 Å². The molecule has 4 fully saturated rings. The second-order valence-electron chi connectivity index (χ2n) is 15.7. The van der Waals surface area contributed by atoms with E-state index < -0.39 is 20.1 Å². The van der Waals surface area contributed by atoms with Gasteiger partial charge in [0.15, 0.2) is 0 Å². The zero-order valence-electron chi connectivity index (χ0n) is 26.3. The van der Waals surface area contributed by atoms with Gasteiger partial charge in [-0.3, -0.25) is 4.79 Å². The Kier molecular flexibility index (Phi) is 8.46. The lowest BCUT2D eigenvalue weighted by molar-refractivity contribution is -0.248. The Labute approximate surface area is 247 Å². The van der Waals surface area contributed by atoms with Crippen LogP contribution in [-0.4, -0.2) is 25.9 Å². The van der Waals surface area contributed by atoms with Crippen LogP contribution in [0.5, 0.6) is 0 Å². The van der Waals surface area contributed by atoms with E-state index in [2.05, 4.69) is 20.8 Å². The van der Waals surface area contributed by atoms with Crippen LogP contribution >= 0.6 is 0 Å². The van der Waals surface area contributed by atoms with Crippen molar-refractivity contribution in [3.8, 4) is 0 Å². The fourth-order valence-corrected chi connectivity index (χ4v) is 13.1. The number of halogens is 3. The molecule has 41 heavy (non-hydrogen) atoms. The molecule has 6 heteroatoms. The molecule has 4 saturated carbocycles. The van der Waals surface area contributed by atoms with Crippen LogP contribution in [-0.2, 0) is 9.22 Å². The molecule has 4 aliphatic rings. The molecular formula is C35H53F3O2Si. The van der Waals surface area contributed by atoms with Crippen molar-refractivity contribution in [2.24, 2.45) is 46.3 Å². The summed E-state index contributed by atoms with van der Waals surface area (Å²) in [5.41, 5.74) is -1.66. The topological polar surface area (TPSA) is 26.3 Å². The van der Waals surface area contributed by atoms with Gasteiger partial charge in [-0.2, -0.15) is 13.2 Å². The molecule has 2 nitrogen and oxygen atoms in total. The summed E-state index contributed by atoms with van der Waals surface area (Å²) >= 11 is 0. The highest BCUT2D eigenvalue weighted by atomic mass is 28.4. The Morgan fingerprint density at radius 2 is 1.61 bits per heavy atom. The van der Waals surface area contributed by atoms with E-state index in [1.165, 1.54) is 39.0 Å². The van der Waals surface area contributed by atoms with Crippen LogP contribution in [0.1, 0.15) is 105 Å². The van der Waals surface area contributed by atoms with Gasteiger partial charge in [0, 0.05) is 12.8 Å². The van der Waals surface area contributed by atoms with Crippen LogP contribution in [0.3, 0.4) is 0 Å². The van der Waals surface area contributed by atoms with Gasteiger partial charge in [0.05, 0.1) is 0 Å². The molecule has 0 amide bonds. The fraction of sp³-hybridized carbons (Fsp3) is 0.800. The first-order chi connectivity index (χ1) is 19.1. The van der Waals surface area contributed by atoms with E-state index in [0.717, 1.165) is 37.3 Å². The van der Waals surface area contributed by atoms with Crippen molar-refractivity contribution < 1.29 is 22.4 Å². The Balaban J connectivity index is 1.29. The minimum atomic E-state index is -4.42. The fourth-order valence-electron chi connectivity index (χ4n) is 10.7. The van der Waals surface area contributed by atoms with Crippen molar-refractivity contribution >= 4 is 19.3 Å². The van der Waals surface area contributed by atoms with E-state index in [0.29, 0.717) is 41.8 Å². The molecule has 9 atom stereocenters. The summed E-state index contributed by atoms with van der Waals surface area (Å²) in [6.07, 6.45) is 7.07. The standard InChI is InChI=1S/C35H53F3O2Si/c1-24(18-23-34(4,35(36,37)38)40-41(5,6)27-10-8-7-9-11-27)29-16-17-30-28-15-13-25-12-14-26(39)19-21-32(25,2)31(28)20-22-33(29,30)3/h7-11,24-25,28-31H,12-23H2,1-6H3/t24-,25-,28+,29-,30+,31+,32+,33-,34+/m1/s1. The molecule has 5 rings (SSSR count). The largest absolute Gasteiger partial charge is 0.416 e. The lowest BCUT2D eigenvalue weighted by atomic mass is 9.46. The second-order valence-corrected chi connectivity index (χ2v) is 19.5. The smallest absolute Gasteiger partial charge is 0.399 e. The lowest BCUT2D eigenvalue weighted by Crippen LogP contribution is -2.57.